The number of nitrogens with one attached hydrogen (secondary N) is 3. The van der Waals surface area contributed by atoms with Gasteiger partial charge in [0.05, 0.1) is 13.0 Å². The second kappa shape index (κ2) is 10.7. The zero-order valence-electron chi connectivity index (χ0n) is 15.3. The summed E-state index contributed by atoms with van der Waals surface area (Å²) in [6.45, 7) is 2.37. The Labute approximate surface area is 157 Å². The Morgan fingerprint density at radius 1 is 1.00 bits per heavy atom. The van der Waals surface area contributed by atoms with E-state index in [9.17, 15) is 24.0 Å². The molecule has 0 saturated heterocycles. The number of carbonyl (C=O) groups is 5. The van der Waals surface area contributed by atoms with Crippen molar-refractivity contribution in [3.05, 3.63) is 35.9 Å². The van der Waals surface area contributed by atoms with E-state index in [2.05, 4.69) is 16.0 Å². The van der Waals surface area contributed by atoms with Gasteiger partial charge in [0.1, 0.15) is 17.9 Å². The fourth-order valence-corrected chi connectivity index (χ4v) is 2.24. The molecule has 0 bridgehead atoms. The fourth-order valence-electron chi connectivity index (χ4n) is 2.24. The average Bonchev–Trinajstić information content (AvgIpc) is 2.59. The van der Waals surface area contributed by atoms with Crippen molar-refractivity contribution in [1.82, 2.24) is 16.0 Å². The van der Waals surface area contributed by atoms with Crippen LogP contribution < -0.4 is 21.7 Å². The molecule has 0 aromatic heterocycles. The maximum atomic E-state index is 12.5. The molecule has 1 aromatic carbocycles. The first-order valence-corrected chi connectivity index (χ1v) is 8.38. The Hall–Kier alpha value is -3.23. The van der Waals surface area contributed by atoms with E-state index in [4.69, 9.17) is 5.73 Å². The maximum Gasteiger partial charge on any atom is 0.243 e. The van der Waals surface area contributed by atoms with Crippen molar-refractivity contribution in [3.63, 3.8) is 0 Å². The Morgan fingerprint density at radius 2 is 1.63 bits per heavy atom. The van der Waals surface area contributed by atoms with Crippen LogP contribution in [0.2, 0.25) is 0 Å². The van der Waals surface area contributed by atoms with Gasteiger partial charge in [-0.15, -0.1) is 0 Å². The molecular weight excluding hydrogens is 352 g/mol. The van der Waals surface area contributed by atoms with Gasteiger partial charge in [-0.05, 0) is 19.4 Å². The molecule has 0 spiro atoms. The summed E-state index contributed by atoms with van der Waals surface area (Å²) >= 11 is 0. The third kappa shape index (κ3) is 8.61. The number of rotatable bonds is 10. The molecule has 4 amide bonds. The molecule has 0 saturated carbocycles. The maximum absolute atomic E-state index is 12.5. The van der Waals surface area contributed by atoms with Crippen LogP contribution in [0.3, 0.4) is 0 Å². The molecule has 27 heavy (non-hydrogen) atoms. The normalized spacial score (nSPS) is 12.4. The summed E-state index contributed by atoms with van der Waals surface area (Å²) in [4.78, 5) is 58.1. The lowest BCUT2D eigenvalue weighted by molar-refractivity contribution is -0.133. The number of ketones is 1. The van der Waals surface area contributed by atoms with E-state index < -0.39 is 35.7 Å². The third-order valence-electron chi connectivity index (χ3n) is 3.53. The molecule has 0 aliphatic rings. The summed E-state index contributed by atoms with van der Waals surface area (Å²) < 4.78 is 0. The van der Waals surface area contributed by atoms with E-state index in [-0.39, 0.29) is 25.2 Å². The minimum absolute atomic E-state index is 0.186. The molecular formula is C18H24N4O5. The zero-order chi connectivity index (χ0) is 20.4. The minimum atomic E-state index is -0.967. The predicted molar refractivity (Wildman–Crippen MR) is 97.2 cm³/mol. The van der Waals surface area contributed by atoms with Gasteiger partial charge in [0, 0.05) is 6.42 Å². The van der Waals surface area contributed by atoms with Crippen molar-refractivity contribution >= 4 is 29.4 Å². The number of amides is 4. The van der Waals surface area contributed by atoms with Gasteiger partial charge in [-0.1, -0.05) is 30.3 Å². The minimum Gasteiger partial charge on any atom is -0.368 e. The number of hydrogen-bond acceptors (Lipinski definition) is 5. The summed E-state index contributed by atoms with van der Waals surface area (Å²) in [6.07, 6.45) is -0.154. The van der Waals surface area contributed by atoms with E-state index >= 15 is 0 Å². The van der Waals surface area contributed by atoms with Gasteiger partial charge in [0.15, 0.2) is 0 Å². The first kappa shape index (κ1) is 21.8. The SMILES string of the molecule is CC(=O)CC(=O)N[C@@H](Cc1ccccc1)C(=O)N[C@@H](C)C(=O)NCC(N)=O. The average molecular weight is 376 g/mol. The molecule has 0 aliphatic carbocycles. The van der Waals surface area contributed by atoms with Crippen molar-refractivity contribution in [1.29, 1.82) is 0 Å². The van der Waals surface area contributed by atoms with Crippen LogP contribution in [0.4, 0.5) is 0 Å². The van der Waals surface area contributed by atoms with Crippen LogP contribution in [0.25, 0.3) is 0 Å². The van der Waals surface area contributed by atoms with Gasteiger partial charge in [-0.3, -0.25) is 24.0 Å². The Balaban J connectivity index is 2.78. The van der Waals surface area contributed by atoms with Crippen LogP contribution in [0.15, 0.2) is 30.3 Å². The molecule has 0 radical (unpaired) electrons. The molecule has 0 fully saturated rings. The lowest BCUT2D eigenvalue weighted by atomic mass is 10.0. The number of primary amides is 1. The Morgan fingerprint density at radius 3 is 2.19 bits per heavy atom. The summed E-state index contributed by atoms with van der Waals surface area (Å²) in [7, 11) is 0. The van der Waals surface area contributed by atoms with Gasteiger partial charge in [-0.2, -0.15) is 0 Å². The highest BCUT2D eigenvalue weighted by atomic mass is 16.2. The molecule has 0 unspecified atom stereocenters. The van der Waals surface area contributed by atoms with Crippen LogP contribution in [0.1, 0.15) is 25.8 Å². The molecule has 1 aromatic rings. The van der Waals surface area contributed by atoms with E-state index in [1.54, 1.807) is 24.3 Å². The largest absolute Gasteiger partial charge is 0.368 e. The van der Waals surface area contributed by atoms with Gasteiger partial charge in [0.25, 0.3) is 0 Å². The first-order valence-electron chi connectivity index (χ1n) is 8.38. The molecule has 9 heteroatoms. The van der Waals surface area contributed by atoms with E-state index in [1.165, 1.54) is 13.8 Å². The lowest BCUT2D eigenvalue weighted by Crippen LogP contribution is -2.54. The van der Waals surface area contributed by atoms with E-state index in [0.717, 1.165) is 5.56 Å². The number of benzene rings is 1. The summed E-state index contributed by atoms with van der Waals surface area (Å²) in [6, 6.07) is 7.08. The van der Waals surface area contributed by atoms with E-state index in [1.807, 2.05) is 6.07 Å². The highest BCUT2D eigenvalue weighted by Gasteiger charge is 2.25. The van der Waals surface area contributed by atoms with Crippen molar-refractivity contribution in [2.75, 3.05) is 6.54 Å². The molecule has 0 heterocycles. The second-order valence-electron chi connectivity index (χ2n) is 6.10. The number of hydrogen-bond donors (Lipinski definition) is 4. The first-order chi connectivity index (χ1) is 12.7. The number of nitrogens with two attached hydrogens (primary N) is 1. The fraction of sp³-hybridized carbons (Fsp3) is 0.389. The van der Waals surface area contributed by atoms with Crippen LogP contribution in [-0.2, 0) is 30.4 Å². The van der Waals surface area contributed by atoms with E-state index in [0.29, 0.717) is 0 Å². The molecule has 2 atom stereocenters. The monoisotopic (exact) mass is 376 g/mol. The zero-order valence-corrected chi connectivity index (χ0v) is 15.3. The summed E-state index contributed by atoms with van der Waals surface area (Å²) in [5, 5.41) is 7.28. The highest BCUT2D eigenvalue weighted by Crippen LogP contribution is 2.04. The van der Waals surface area contributed by atoms with Crippen LogP contribution in [0.5, 0.6) is 0 Å². The summed E-state index contributed by atoms with van der Waals surface area (Å²) in [5.41, 5.74) is 5.75. The molecule has 0 aliphatic heterocycles. The van der Waals surface area contributed by atoms with Crippen LogP contribution in [-0.4, -0.2) is 48.0 Å². The Bertz CT molecular complexity index is 705. The smallest absolute Gasteiger partial charge is 0.243 e. The second-order valence-corrected chi connectivity index (χ2v) is 6.10. The van der Waals surface area contributed by atoms with Crippen molar-refractivity contribution in [3.8, 4) is 0 Å². The van der Waals surface area contributed by atoms with Crippen LogP contribution in [0, 0.1) is 0 Å². The molecule has 146 valence electrons. The topological polar surface area (TPSA) is 147 Å². The Kier molecular flexibility index (Phi) is 8.64. The predicted octanol–water partition coefficient (Wildman–Crippen LogP) is -1.20. The van der Waals surface area contributed by atoms with Crippen molar-refractivity contribution in [2.24, 2.45) is 5.73 Å². The number of Topliss-reactive ketones (excluding diaryl/α,β-unsaturated/α-hetero) is 1. The van der Waals surface area contributed by atoms with Gasteiger partial charge in [-0.25, -0.2) is 0 Å². The lowest BCUT2D eigenvalue weighted by Gasteiger charge is -2.21. The molecule has 1 rings (SSSR count). The standard InChI is InChI=1S/C18H24N4O5/c1-11(23)8-16(25)22-14(9-13-6-4-3-5-7-13)18(27)21-12(2)17(26)20-10-15(19)24/h3-7,12,14H,8-10H2,1-2H3,(H2,19,24)(H,20,26)(H,21,27)(H,22,25)/t12-,14-/m0/s1. The molecule has 9 nitrogen and oxygen atoms in total. The number of carbonyl (C=O) groups excluding carboxylic acids is 5. The quantitative estimate of drug-likeness (QED) is 0.379. The highest BCUT2D eigenvalue weighted by molar-refractivity contribution is 5.99. The van der Waals surface area contributed by atoms with Crippen molar-refractivity contribution in [2.45, 2.75) is 38.8 Å². The molecule has 5 N–H and O–H groups in total. The van der Waals surface area contributed by atoms with Gasteiger partial charge < -0.3 is 21.7 Å². The summed E-state index contributed by atoms with van der Waals surface area (Å²) in [5.74, 6) is -2.79. The van der Waals surface area contributed by atoms with Gasteiger partial charge in [0.2, 0.25) is 23.6 Å². The van der Waals surface area contributed by atoms with Gasteiger partial charge >= 0.3 is 0 Å². The van der Waals surface area contributed by atoms with Crippen LogP contribution >= 0.6 is 0 Å². The van der Waals surface area contributed by atoms with Crippen molar-refractivity contribution < 1.29 is 24.0 Å². The third-order valence-corrected chi connectivity index (χ3v) is 3.53.